The van der Waals surface area contributed by atoms with Crippen LogP contribution in [0, 0.1) is 0 Å². The van der Waals surface area contributed by atoms with Gasteiger partial charge in [0.05, 0.1) is 35.9 Å². The van der Waals surface area contributed by atoms with E-state index >= 15 is 0 Å². The molecule has 1 fully saturated rings. The summed E-state index contributed by atoms with van der Waals surface area (Å²) in [7, 11) is 1.45. The first-order valence-electron chi connectivity index (χ1n) is 11.3. The molecule has 184 valence electrons. The maximum absolute atomic E-state index is 13.2. The lowest BCUT2D eigenvalue weighted by Crippen LogP contribution is -2.29. The van der Waals surface area contributed by atoms with Crippen LogP contribution in [0.5, 0.6) is 5.75 Å². The standard InChI is InChI=1S/C28H24ClNO6/c1-3-36-28(34)19-11-9-17(10-12-19)16-30-24(18-7-5-4-6-8-18)23(26(32)27(30)33)25(31)20-13-14-21(29)22(15-20)35-2/h4-15,24,31H,3,16H2,1-2H3/b25-23-. The number of benzene rings is 3. The number of amides is 1. The molecule has 0 saturated carbocycles. The van der Waals surface area contributed by atoms with Crippen molar-refractivity contribution in [1.82, 2.24) is 4.90 Å². The molecule has 1 atom stereocenters. The number of esters is 1. The third-order valence-corrected chi connectivity index (χ3v) is 6.21. The van der Waals surface area contributed by atoms with Crippen molar-refractivity contribution in [2.45, 2.75) is 19.5 Å². The second-order valence-corrected chi connectivity index (χ2v) is 8.51. The molecule has 0 bridgehead atoms. The first-order valence-corrected chi connectivity index (χ1v) is 11.7. The zero-order valence-corrected chi connectivity index (χ0v) is 20.5. The van der Waals surface area contributed by atoms with E-state index in [0.717, 1.165) is 0 Å². The van der Waals surface area contributed by atoms with Gasteiger partial charge in [0.1, 0.15) is 11.5 Å². The van der Waals surface area contributed by atoms with Crippen LogP contribution in [0.15, 0.2) is 78.4 Å². The highest BCUT2D eigenvalue weighted by Gasteiger charge is 2.46. The predicted octanol–water partition coefficient (Wildman–Crippen LogP) is 5.15. The number of likely N-dealkylation sites (tertiary alicyclic amines) is 1. The van der Waals surface area contributed by atoms with Gasteiger partial charge in [0.2, 0.25) is 0 Å². The number of ether oxygens (including phenoxy) is 2. The molecular formula is C28H24ClNO6. The summed E-state index contributed by atoms with van der Waals surface area (Å²) in [5.74, 6) is -1.96. The molecule has 36 heavy (non-hydrogen) atoms. The van der Waals surface area contributed by atoms with Crippen LogP contribution in [-0.4, -0.2) is 41.4 Å². The van der Waals surface area contributed by atoms with Gasteiger partial charge < -0.3 is 19.5 Å². The SMILES string of the molecule is CCOC(=O)c1ccc(CN2C(=O)C(=O)/C(=C(\O)c3ccc(Cl)c(OC)c3)C2c2ccccc2)cc1. The van der Waals surface area contributed by atoms with Crippen LogP contribution in [0.4, 0.5) is 0 Å². The molecule has 7 nitrogen and oxygen atoms in total. The summed E-state index contributed by atoms with van der Waals surface area (Å²) in [5.41, 5.74) is 2.04. The molecule has 4 rings (SSSR count). The molecule has 1 aliphatic heterocycles. The number of Topliss-reactive ketones (excluding diaryl/α,β-unsaturated/α-hetero) is 1. The summed E-state index contributed by atoms with van der Waals surface area (Å²) in [6.07, 6.45) is 0. The fourth-order valence-electron chi connectivity index (χ4n) is 4.14. The maximum atomic E-state index is 13.2. The van der Waals surface area contributed by atoms with Crippen LogP contribution in [0.25, 0.3) is 5.76 Å². The topological polar surface area (TPSA) is 93.1 Å². The van der Waals surface area contributed by atoms with Gasteiger partial charge >= 0.3 is 5.97 Å². The monoisotopic (exact) mass is 505 g/mol. The van der Waals surface area contributed by atoms with Crippen molar-refractivity contribution in [2.24, 2.45) is 0 Å². The number of aliphatic hydroxyl groups is 1. The van der Waals surface area contributed by atoms with E-state index in [-0.39, 0.29) is 24.5 Å². The zero-order valence-electron chi connectivity index (χ0n) is 19.7. The van der Waals surface area contributed by atoms with Crippen molar-refractivity contribution >= 4 is 35.0 Å². The van der Waals surface area contributed by atoms with Gasteiger partial charge in [-0.1, -0.05) is 54.1 Å². The third-order valence-electron chi connectivity index (χ3n) is 5.90. The highest BCUT2D eigenvalue weighted by molar-refractivity contribution is 6.46. The Morgan fingerprint density at radius 1 is 1.00 bits per heavy atom. The molecule has 1 amide bonds. The Kier molecular flexibility index (Phi) is 7.41. The highest BCUT2D eigenvalue weighted by Crippen LogP contribution is 2.41. The minimum absolute atomic E-state index is 0.0290. The number of carbonyl (C=O) groups excluding carboxylic acids is 3. The maximum Gasteiger partial charge on any atom is 0.338 e. The largest absolute Gasteiger partial charge is 0.507 e. The Hall–Kier alpha value is -4.10. The summed E-state index contributed by atoms with van der Waals surface area (Å²) in [4.78, 5) is 39.8. The number of carbonyl (C=O) groups is 3. The quantitative estimate of drug-likeness (QED) is 0.207. The van der Waals surface area contributed by atoms with Crippen LogP contribution in [0.2, 0.25) is 5.02 Å². The first-order chi connectivity index (χ1) is 17.3. The van der Waals surface area contributed by atoms with E-state index in [9.17, 15) is 19.5 Å². The van der Waals surface area contributed by atoms with Crippen molar-refractivity contribution in [3.05, 3.63) is 106 Å². The van der Waals surface area contributed by atoms with E-state index in [0.29, 0.717) is 33.0 Å². The van der Waals surface area contributed by atoms with Crippen LogP contribution >= 0.6 is 11.6 Å². The molecule has 3 aromatic rings. The van der Waals surface area contributed by atoms with Crippen LogP contribution in [0.1, 0.15) is 40.0 Å². The van der Waals surface area contributed by atoms with E-state index in [1.807, 2.05) is 6.07 Å². The van der Waals surface area contributed by atoms with Gasteiger partial charge in [-0.2, -0.15) is 0 Å². The molecular weight excluding hydrogens is 482 g/mol. The van der Waals surface area contributed by atoms with Gasteiger partial charge in [0.15, 0.2) is 0 Å². The van der Waals surface area contributed by atoms with E-state index in [4.69, 9.17) is 21.1 Å². The van der Waals surface area contributed by atoms with Gasteiger partial charge in [0, 0.05) is 12.1 Å². The summed E-state index contributed by atoms with van der Waals surface area (Å²) in [6, 6.07) is 19.5. The van der Waals surface area contributed by atoms with Crippen molar-refractivity contribution in [3.63, 3.8) is 0 Å². The molecule has 1 unspecified atom stereocenters. The zero-order chi connectivity index (χ0) is 25.8. The summed E-state index contributed by atoms with van der Waals surface area (Å²) >= 11 is 6.12. The second-order valence-electron chi connectivity index (χ2n) is 8.10. The summed E-state index contributed by atoms with van der Waals surface area (Å²) in [6.45, 7) is 2.09. The Bertz CT molecular complexity index is 1330. The minimum atomic E-state index is -0.822. The van der Waals surface area contributed by atoms with E-state index in [1.54, 1.807) is 67.6 Å². The summed E-state index contributed by atoms with van der Waals surface area (Å²) in [5, 5.41) is 11.6. The average molecular weight is 506 g/mol. The predicted molar refractivity (Wildman–Crippen MR) is 135 cm³/mol. The smallest absolute Gasteiger partial charge is 0.338 e. The average Bonchev–Trinajstić information content (AvgIpc) is 3.14. The van der Waals surface area contributed by atoms with Crippen molar-refractivity contribution < 1.29 is 29.0 Å². The number of methoxy groups -OCH3 is 1. The molecule has 0 spiro atoms. The molecule has 1 heterocycles. The second kappa shape index (κ2) is 10.7. The Morgan fingerprint density at radius 3 is 2.31 bits per heavy atom. The Labute approximate surface area is 213 Å². The summed E-state index contributed by atoms with van der Waals surface area (Å²) < 4.78 is 10.3. The number of hydrogen-bond acceptors (Lipinski definition) is 6. The number of nitrogens with zero attached hydrogens (tertiary/aromatic N) is 1. The van der Waals surface area contributed by atoms with E-state index < -0.39 is 23.7 Å². The lowest BCUT2D eigenvalue weighted by atomic mass is 9.95. The molecule has 0 aliphatic carbocycles. The van der Waals surface area contributed by atoms with Crippen LogP contribution in [0.3, 0.4) is 0 Å². The Balaban J connectivity index is 1.76. The molecule has 3 aromatic carbocycles. The van der Waals surface area contributed by atoms with Crippen molar-refractivity contribution in [3.8, 4) is 5.75 Å². The number of ketones is 1. The molecule has 1 saturated heterocycles. The highest BCUT2D eigenvalue weighted by atomic mass is 35.5. The number of halogens is 1. The van der Waals surface area contributed by atoms with E-state index in [1.165, 1.54) is 18.1 Å². The fraction of sp³-hybridized carbons (Fsp3) is 0.179. The fourth-order valence-corrected chi connectivity index (χ4v) is 4.34. The van der Waals surface area contributed by atoms with E-state index in [2.05, 4.69) is 0 Å². The van der Waals surface area contributed by atoms with Crippen LogP contribution < -0.4 is 4.74 Å². The van der Waals surface area contributed by atoms with Gasteiger partial charge in [-0.05, 0) is 48.4 Å². The molecule has 8 heteroatoms. The van der Waals surface area contributed by atoms with Gasteiger partial charge in [-0.25, -0.2) is 4.79 Å². The molecule has 1 N–H and O–H groups in total. The lowest BCUT2D eigenvalue weighted by Gasteiger charge is -2.25. The molecule has 1 aliphatic rings. The first kappa shape index (κ1) is 25.0. The third kappa shape index (κ3) is 4.83. The van der Waals surface area contributed by atoms with Crippen molar-refractivity contribution in [1.29, 1.82) is 0 Å². The molecule has 0 radical (unpaired) electrons. The number of rotatable bonds is 7. The van der Waals surface area contributed by atoms with Gasteiger partial charge in [-0.3, -0.25) is 9.59 Å². The molecule has 0 aromatic heterocycles. The number of hydrogen-bond donors (Lipinski definition) is 1. The lowest BCUT2D eigenvalue weighted by molar-refractivity contribution is -0.140. The number of aliphatic hydroxyl groups excluding tert-OH is 1. The normalized spacial score (nSPS) is 16.8. The Morgan fingerprint density at radius 2 is 1.67 bits per heavy atom. The van der Waals surface area contributed by atoms with Crippen molar-refractivity contribution in [2.75, 3.05) is 13.7 Å². The van der Waals surface area contributed by atoms with Gasteiger partial charge in [0.25, 0.3) is 11.7 Å². The minimum Gasteiger partial charge on any atom is -0.507 e. The van der Waals surface area contributed by atoms with Gasteiger partial charge in [-0.15, -0.1) is 0 Å². The van der Waals surface area contributed by atoms with Crippen LogP contribution in [-0.2, 0) is 20.9 Å².